The van der Waals surface area contributed by atoms with E-state index in [-0.39, 0.29) is 35.9 Å². The molecule has 31 heavy (non-hydrogen) atoms. The Bertz CT molecular complexity index is 1040. The van der Waals surface area contributed by atoms with Gasteiger partial charge in [0.1, 0.15) is 11.5 Å². The van der Waals surface area contributed by atoms with Gasteiger partial charge in [-0.3, -0.25) is 19.1 Å². The molecule has 0 aromatic carbocycles. The minimum atomic E-state index is -0.218. The molecule has 2 atom stereocenters. The maximum Gasteiger partial charge on any atom is 0.272 e. The summed E-state index contributed by atoms with van der Waals surface area (Å²) < 4.78 is 1.66. The normalized spacial score (nSPS) is 19.4. The van der Waals surface area contributed by atoms with Crippen LogP contribution in [0.4, 0.5) is 0 Å². The molecule has 1 saturated heterocycles. The molecule has 2 amide bonds. The summed E-state index contributed by atoms with van der Waals surface area (Å²) in [6.07, 6.45) is 4.63. The molecule has 1 fully saturated rings. The molecule has 0 spiro atoms. The summed E-state index contributed by atoms with van der Waals surface area (Å²) in [6.45, 7) is 7.91. The summed E-state index contributed by atoms with van der Waals surface area (Å²) in [5.41, 5.74) is 1.57. The second-order valence-electron chi connectivity index (χ2n) is 8.38. The number of aryl methyl sites for hydroxylation is 1. The smallest absolute Gasteiger partial charge is 0.272 e. The van der Waals surface area contributed by atoms with Gasteiger partial charge < -0.3 is 14.8 Å². The van der Waals surface area contributed by atoms with Crippen LogP contribution in [0.2, 0.25) is 0 Å². The van der Waals surface area contributed by atoms with Crippen molar-refractivity contribution in [1.82, 2.24) is 29.5 Å². The van der Waals surface area contributed by atoms with E-state index in [4.69, 9.17) is 4.98 Å². The van der Waals surface area contributed by atoms with Crippen LogP contribution < -0.4 is 5.56 Å². The fourth-order valence-electron chi connectivity index (χ4n) is 4.48. The monoisotopic (exact) mass is 426 g/mol. The van der Waals surface area contributed by atoms with E-state index in [1.165, 1.54) is 0 Å². The Morgan fingerprint density at radius 3 is 2.84 bits per heavy atom. The summed E-state index contributed by atoms with van der Waals surface area (Å²) in [5.74, 6) is 0.520. The Kier molecular flexibility index (Phi) is 5.93. The predicted octanol–water partition coefficient (Wildman–Crippen LogP) is 1.89. The number of nitrogens with zero attached hydrogens (tertiary/aromatic N) is 5. The maximum atomic E-state index is 12.9. The zero-order valence-electron chi connectivity index (χ0n) is 18.4. The molecular weight excluding hydrogens is 396 g/mol. The second-order valence-corrected chi connectivity index (χ2v) is 8.38. The van der Waals surface area contributed by atoms with Gasteiger partial charge in [0, 0.05) is 38.2 Å². The number of hydrogen-bond donors (Lipinski definition) is 1. The highest BCUT2D eigenvalue weighted by Gasteiger charge is 2.35. The first-order valence-electron chi connectivity index (χ1n) is 11.2. The lowest BCUT2D eigenvalue weighted by atomic mass is 10.0. The zero-order chi connectivity index (χ0) is 22.1. The van der Waals surface area contributed by atoms with Crippen molar-refractivity contribution in [3.05, 3.63) is 45.4 Å². The van der Waals surface area contributed by atoms with Gasteiger partial charge in [0.25, 0.3) is 11.5 Å². The van der Waals surface area contributed by atoms with E-state index in [9.17, 15) is 14.4 Å². The lowest BCUT2D eigenvalue weighted by molar-refractivity contribution is -0.136. The first-order chi connectivity index (χ1) is 14.9. The molecule has 0 radical (unpaired) electrons. The molecule has 9 nitrogen and oxygen atoms in total. The van der Waals surface area contributed by atoms with Crippen molar-refractivity contribution in [1.29, 1.82) is 0 Å². The van der Waals surface area contributed by atoms with Crippen molar-refractivity contribution in [3.8, 4) is 0 Å². The van der Waals surface area contributed by atoms with Crippen LogP contribution in [0.3, 0.4) is 0 Å². The number of fused-ring (bicyclic) bond motifs is 1. The van der Waals surface area contributed by atoms with E-state index < -0.39 is 0 Å². The van der Waals surface area contributed by atoms with E-state index in [1.807, 2.05) is 25.7 Å². The summed E-state index contributed by atoms with van der Waals surface area (Å²) in [4.78, 5) is 49.9. The average molecular weight is 427 g/mol. The van der Waals surface area contributed by atoms with Crippen LogP contribution in [0.1, 0.15) is 73.6 Å². The quantitative estimate of drug-likeness (QED) is 0.786. The Morgan fingerprint density at radius 2 is 2.10 bits per heavy atom. The number of aromatic nitrogens is 4. The van der Waals surface area contributed by atoms with Crippen LogP contribution in [0.15, 0.2) is 17.1 Å². The molecule has 2 aromatic heterocycles. The predicted molar refractivity (Wildman–Crippen MR) is 114 cm³/mol. The van der Waals surface area contributed by atoms with Crippen molar-refractivity contribution in [2.24, 2.45) is 5.92 Å². The number of hydrogen-bond acceptors (Lipinski definition) is 5. The summed E-state index contributed by atoms with van der Waals surface area (Å²) >= 11 is 0. The summed E-state index contributed by atoms with van der Waals surface area (Å²) in [5, 5.41) is 4.16. The van der Waals surface area contributed by atoms with E-state index >= 15 is 0 Å². The lowest BCUT2D eigenvalue weighted by Gasteiger charge is -2.30. The van der Waals surface area contributed by atoms with E-state index in [0.717, 1.165) is 25.0 Å². The zero-order valence-corrected chi connectivity index (χ0v) is 18.4. The van der Waals surface area contributed by atoms with Crippen LogP contribution >= 0.6 is 0 Å². The first kappa shape index (κ1) is 21.3. The number of aromatic amines is 1. The van der Waals surface area contributed by atoms with Gasteiger partial charge in [-0.25, -0.2) is 4.98 Å². The largest absolute Gasteiger partial charge is 0.332 e. The second kappa shape index (κ2) is 8.64. The lowest BCUT2D eigenvalue weighted by Crippen LogP contribution is -2.41. The molecule has 0 aliphatic carbocycles. The average Bonchev–Trinajstić information content (AvgIpc) is 3.46. The van der Waals surface area contributed by atoms with Crippen LogP contribution in [0.5, 0.6) is 0 Å². The molecule has 2 aromatic rings. The van der Waals surface area contributed by atoms with Crippen molar-refractivity contribution < 1.29 is 9.59 Å². The minimum absolute atomic E-state index is 0.0407. The van der Waals surface area contributed by atoms with Gasteiger partial charge in [-0.15, -0.1) is 0 Å². The molecule has 2 aliphatic heterocycles. The number of likely N-dealkylation sites (tertiary alicyclic amines) is 1. The Balaban J connectivity index is 1.57. The fourth-order valence-corrected chi connectivity index (χ4v) is 4.48. The molecule has 166 valence electrons. The van der Waals surface area contributed by atoms with Crippen LogP contribution in [0.25, 0.3) is 0 Å². The molecule has 4 rings (SSSR count). The van der Waals surface area contributed by atoms with Gasteiger partial charge in [-0.05, 0) is 32.3 Å². The molecule has 9 heteroatoms. The number of carbonyl (C=O) groups is 2. The van der Waals surface area contributed by atoms with Crippen molar-refractivity contribution in [2.75, 3.05) is 13.1 Å². The molecule has 0 saturated carbocycles. The third kappa shape index (κ3) is 3.88. The third-order valence-corrected chi connectivity index (χ3v) is 6.49. The topological polar surface area (TPSA) is 104 Å². The van der Waals surface area contributed by atoms with Crippen LogP contribution in [-0.2, 0) is 24.3 Å². The number of amides is 2. The Hall–Kier alpha value is -2.97. The Morgan fingerprint density at radius 1 is 1.29 bits per heavy atom. The standard InChI is InChI=1S/C22H30N6O3/c1-4-14(3)21(30)27-11-6-7-17(27)19-24-16-9-12-26(13-15(16)20(29)25-19)22(31)18-8-10-23-28(18)5-2/h8,10,14,17H,4-7,9,11-13H2,1-3H3,(H,24,25,29)/t14-,17-/m0/s1. The molecular formula is C22H30N6O3. The van der Waals surface area contributed by atoms with E-state index in [0.29, 0.717) is 43.1 Å². The molecule has 1 N–H and O–H groups in total. The maximum absolute atomic E-state index is 12.9. The van der Waals surface area contributed by atoms with Gasteiger partial charge in [-0.1, -0.05) is 13.8 Å². The van der Waals surface area contributed by atoms with Gasteiger partial charge >= 0.3 is 0 Å². The van der Waals surface area contributed by atoms with Crippen molar-refractivity contribution in [2.45, 2.75) is 65.6 Å². The highest BCUT2D eigenvalue weighted by molar-refractivity contribution is 5.92. The summed E-state index contributed by atoms with van der Waals surface area (Å²) in [7, 11) is 0. The molecule has 0 unspecified atom stereocenters. The van der Waals surface area contributed by atoms with E-state index in [2.05, 4.69) is 10.1 Å². The highest BCUT2D eigenvalue weighted by atomic mass is 16.2. The van der Waals surface area contributed by atoms with Gasteiger partial charge in [0.05, 0.1) is 23.8 Å². The Labute approximate surface area is 181 Å². The number of carbonyl (C=O) groups excluding carboxylic acids is 2. The van der Waals surface area contributed by atoms with Crippen molar-refractivity contribution in [3.63, 3.8) is 0 Å². The molecule has 2 aliphatic rings. The summed E-state index contributed by atoms with van der Waals surface area (Å²) in [6, 6.07) is 1.52. The SMILES string of the molecule is CC[C@H](C)C(=O)N1CCC[C@H]1c1nc2c(c(=O)[nH]1)CN(C(=O)c1ccnn1CC)CC2. The van der Waals surface area contributed by atoms with Gasteiger partial charge in [0.15, 0.2) is 0 Å². The first-order valence-corrected chi connectivity index (χ1v) is 11.2. The van der Waals surface area contributed by atoms with Gasteiger partial charge in [-0.2, -0.15) is 5.10 Å². The number of nitrogens with one attached hydrogen (secondary N) is 1. The van der Waals surface area contributed by atoms with Crippen LogP contribution in [-0.4, -0.2) is 54.5 Å². The third-order valence-electron chi connectivity index (χ3n) is 6.49. The number of H-pyrrole nitrogens is 1. The fraction of sp³-hybridized carbons (Fsp3) is 0.591. The highest BCUT2D eigenvalue weighted by Crippen LogP contribution is 2.32. The minimum Gasteiger partial charge on any atom is -0.332 e. The van der Waals surface area contributed by atoms with Crippen LogP contribution in [0, 0.1) is 5.92 Å². The van der Waals surface area contributed by atoms with Gasteiger partial charge in [0.2, 0.25) is 5.91 Å². The molecule has 4 heterocycles. The van der Waals surface area contributed by atoms with Crippen molar-refractivity contribution >= 4 is 11.8 Å². The van der Waals surface area contributed by atoms with E-state index in [1.54, 1.807) is 21.8 Å². The molecule has 0 bridgehead atoms. The number of rotatable bonds is 5.